The number of allylic oxidation sites excluding steroid dienone is 2. The number of anilines is 3. The molecule has 0 aliphatic rings. The zero-order valence-electron chi connectivity index (χ0n) is 17.0. The number of hydrogen-bond acceptors (Lipinski definition) is 3. The van der Waals surface area contributed by atoms with Crippen molar-refractivity contribution in [2.75, 3.05) is 4.90 Å². The first-order valence-electron chi connectivity index (χ1n) is 9.91. The van der Waals surface area contributed by atoms with Gasteiger partial charge in [0.05, 0.1) is 11.3 Å². The van der Waals surface area contributed by atoms with Gasteiger partial charge in [0.1, 0.15) is 5.76 Å². The molecule has 0 aliphatic carbocycles. The molecule has 0 amide bonds. The Labute approximate surface area is 176 Å². The average Bonchev–Trinajstić information content (AvgIpc) is 2.76. The Hall–Kier alpha value is -3.85. The van der Waals surface area contributed by atoms with Crippen LogP contribution in [0.2, 0.25) is 0 Å². The number of para-hydroxylation sites is 2. The molecule has 3 heteroatoms. The van der Waals surface area contributed by atoms with E-state index in [9.17, 15) is 9.90 Å². The second-order valence-electron chi connectivity index (χ2n) is 7.20. The lowest BCUT2D eigenvalue weighted by Crippen LogP contribution is -2.11. The van der Waals surface area contributed by atoms with Crippen molar-refractivity contribution >= 4 is 39.2 Å². The van der Waals surface area contributed by atoms with Crippen molar-refractivity contribution in [1.82, 2.24) is 0 Å². The van der Waals surface area contributed by atoms with Gasteiger partial charge in [-0.15, -0.1) is 0 Å². The van der Waals surface area contributed by atoms with E-state index in [1.165, 1.54) is 6.92 Å². The molecule has 4 aromatic carbocycles. The van der Waals surface area contributed by atoms with E-state index in [1.807, 2.05) is 66.7 Å². The quantitative estimate of drug-likeness (QED) is 0.288. The fourth-order valence-corrected chi connectivity index (χ4v) is 3.92. The van der Waals surface area contributed by atoms with Gasteiger partial charge in [-0.3, -0.25) is 4.79 Å². The standard InChI is InChI=1S/C27H23NO2/c1-19(29)27(20(2)30)25-17-18-26(24-16-10-9-15-23(24)25)28(21-11-5-3-6-12-21)22-13-7-4-8-14-22/h3-18,29H,1-2H3. The molecule has 0 heterocycles. The number of benzene rings is 4. The number of aliphatic hydroxyl groups excluding tert-OH is 1. The lowest BCUT2D eigenvalue weighted by atomic mass is 9.93. The summed E-state index contributed by atoms with van der Waals surface area (Å²) >= 11 is 0. The largest absolute Gasteiger partial charge is 0.512 e. The number of ketones is 1. The Balaban J connectivity index is 2.02. The predicted molar refractivity (Wildman–Crippen MR) is 125 cm³/mol. The first kappa shape index (κ1) is 19.5. The second-order valence-corrected chi connectivity index (χ2v) is 7.20. The van der Waals surface area contributed by atoms with Crippen LogP contribution in [0.1, 0.15) is 19.4 Å². The lowest BCUT2D eigenvalue weighted by molar-refractivity contribution is -0.111. The zero-order valence-corrected chi connectivity index (χ0v) is 17.0. The molecule has 0 unspecified atom stereocenters. The summed E-state index contributed by atoms with van der Waals surface area (Å²) in [7, 11) is 0. The molecule has 0 saturated carbocycles. The normalized spacial score (nSPS) is 11.8. The SMILES string of the molecule is CC(=O)C(=C(C)O)c1ccc(N(c2ccccc2)c2ccccc2)c2ccccc12. The Morgan fingerprint density at radius 2 is 1.17 bits per heavy atom. The molecule has 0 bridgehead atoms. The monoisotopic (exact) mass is 393 g/mol. The third-order valence-corrected chi connectivity index (χ3v) is 5.15. The van der Waals surface area contributed by atoms with E-state index in [0.717, 1.165) is 33.4 Å². The molecule has 0 radical (unpaired) electrons. The summed E-state index contributed by atoms with van der Waals surface area (Å²) in [6, 6.07) is 32.3. The Bertz CT molecular complexity index is 1180. The molecule has 0 fully saturated rings. The van der Waals surface area contributed by atoms with Gasteiger partial charge in [-0.2, -0.15) is 0 Å². The minimum atomic E-state index is -0.157. The van der Waals surface area contributed by atoms with Gasteiger partial charge in [0.25, 0.3) is 0 Å². The summed E-state index contributed by atoms with van der Waals surface area (Å²) in [4.78, 5) is 14.5. The van der Waals surface area contributed by atoms with Crippen molar-refractivity contribution in [3.05, 3.63) is 108 Å². The molecular formula is C27H23NO2. The highest BCUT2D eigenvalue weighted by Crippen LogP contribution is 2.41. The van der Waals surface area contributed by atoms with E-state index in [0.29, 0.717) is 5.57 Å². The number of rotatable bonds is 5. The number of carbonyl (C=O) groups is 1. The number of carbonyl (C=O) groups excluding carboxylic acids is 1. The summed E-state index contributed by atoms with van der Waals surface area (Å²) in [5.74, 6) is -0.126. The highest BCUT2D eigenvalue weighted by atomic mass is 16.3. The summed E-state index contributed by atoms with van der Waals surface area (Å²) < 4.78 is 0. The lowest BCUT2D eigenvalue weighted by Gasteiger charge is -2.27. The van der Waals surface area contributed by atoms with Gasteiger partial charge in [0, 0.05) is 16.8 Å². The highest BCUT2D eigenvalue weighted by molar-refractivity contribution is 6.24. The zero-order chi connectivity index (χ0) is 21.1. The molecular weight excluding hydrogens is 370 g/mol. The molecule has 3 nitrogen and oxygen atoms in total. The van der Waals surface area contributed by atoms with Crippen molar-refractivity contribution in [2.24, 2.45) is 0 Å². The van der Waals surface area contributed by atoms with Gasteiger partial charge in [0.2, 0.25) is 0 Å². The Kier molecular flexibility index (Phi) is 5.36. The van der Waals surface area contributed by atoms with Crippen molar-refractivity contribution in [3.63, 3.8) is 0 Å². The Morgan fingerprint density at radius 3 is 1.67 bits per heavy atom. The van der Waals surface area contributed by atoms with Crippen molar-refractivity contribution in [1.29, 1.82) is 0 Å². The van der Waals surface area contributed by atoms with Gasteiger partial charge in [-0.1, -0.05) is 66.7 Å². The van der Waals surface area contributed by atoms with Crippen LogP contribution in [0.5, 0.6) is 0 Å². The van der Waals surface area contributed by atoms with Crippen LogP contribution in [0, 0.1) is 0 Å². The van der Waals surface area contributed by atoms with Crippen molar-refractivity contribution in [3.8, 4) is 0 Å². The van der Waals surface area contributed by atoms with Crippen LogP contribution in [0.15, 0.2) is 103 Å². The fraction of sp³-hybridized carbons (Fsp3) is 0.0741. The third kappa shape index (κ3) is 3.58. The van der Waals surface area contributed by atoms with Crippen molar-refractivity contribution in [2.45, 2.75) is 13.8 Å². The Morgan fingerprint density at radius 1 is 0.667 bits per heavy atom. The van der Waals surface area contributed by atoms with Gasteiger partial charge >= 0.3 is 0 Å². The maximum atomic E-state index is 12.3. The molecule has 148 valence electrons. The molecule has 1 N–H and O–H groups in total. The number of aliphatic hydroxyl groups is 1. The van der Waals surface area contributed by atoms with Crippen molar-refractivity contribution < 1.29 is 9.90 Å². The van der Waals surface area contributed by atoms with Crippen LogP contribution in [0.3, 0.4) is 0 Å². The maximum absolute atomic E-state index is 12.3. The first-order valence-corrected chi connectivity index (χ1v) is 9.91. The summed E-state index contributed by atoms with van der Waals surface area (Å²) in [6.45, 7) is 3.04. The minimum absolute atomic E-state index is 0.0309. The minimum Gasteiger partial charge on any atom is -0.512 e. The van der Waals surface area contributed by atoms with E-state index in [2.05, 4.69) is 35.2 Å². The number of hydrogen-bond donors (Lipinski definition) is 1. The number of Topliss-reactive ketones (excluding diaryl/α,β-unsaturated/α-hetero) is 1. The average molecular weight is 393 g/mol. The van der Waals surface area contributed by atoms with E-state index in [-0.39, 0.29) is 11.5 Å². The van der Waals surface area contributed by atoms with Crippen LogP contribution >= 0.6 is 0 Å². The topological polar surface area (TPSA) is 40.5 Å². The molecule has 4 rings (SSSR count). The molecule has 0 aliphatic heterocycles. The van der Waals surface area contributed by atoms with Crippen LogP contribution < -0.4 is 4.90 Å². The van der Waals surface area contributed by atoms with E-state index < -0.39 is 0 Å². The highest BCUT2D eigenvalue weighted by Gasteiger charge is 2.19. The van der Waals surface area contributed by atoms with Gasteiger partial charge < -0.3 is 10.0 Å². The van der Waals surface area contributed by atoms with Crippen LogP contribution in [0.25, 0.3) is 16.3 Å². The smallest absolute Gasteiger partial charge is 0.163 e. The van der Waals surface area contributed by atoms with Gasteiger partial charge in [0.15, 0.2) is 5.78 Å². The molecule has 0 atom stereocenters. The van der Waals surface area contributed by atoms with E-state index in [1.54, 1.807) is 6.92 Å². The van der Waals surface area contributed by atoms with Gasteiger partial charge in [-0.05, 0) is 55.1 Å². The summed E-state index contributed by atoms with van der Waals surface area (Å²) in [5, 5.41) is 12.1. The van der Waals surface area contributed by atoms with Crippen LogP contribution in [-0.2, 0) is 4.79 Å². The fourth-order valence-electron chi connectivity index (χ4n) is 3.92. The summed E-state index contributed by atoms with van der Waals surface area (Å²) in [6.07, 6.45) is 0. The molecule has 0 aromatic heterocycles. The summed E-state index contributed by atoms with van der Waals surface area (Å²) in [5.41, 5.74) is 4.18. The molecule has 0 spiro atoms. The second kappa shape index (κ2) is 8.26. The molecule has 4 aromatic rings. The van der Waals surface area contributed by atoms with E-state index >= 15 is 0 Å². The molecule has 30 heavy (non-hydrogen) atoms. The predicted octanol–water partition coefficient (Wildman–Crippen LogP) is 7.19. The maximum Gasteiger partial charge on any atom is 0.163 e. The number of nitrogens with zero attached hydrogens (tertiary/aromatic N) is 1. The van der Waals surface area contributed by atoms with E-state index in [4.69, 9.17) is 0 Å². The van der Waals surface area contributed by atoms with Gasteiger partial charge in [-0.25, -0.2) is 0 Å². The third-order valence-electron chi connectivity index (χ3n) is 5.15. The first-order chi connectivity index (χ1) is 14.6. The number of fused-ring (bicyclic) bond motifs is 1. The molecule has 0 saturated heterocycles. The van der Waals surface area contributed by atoms with Crippen LogP contribution in [-0.4, -0.2) is 10.9 Å². The van der Waals surface area contributed by atoms with Crippen LogP contribution in [0.4, 0.5) is 17.1 Å².